The number of thiocarbonyl (C=S) groups is 1. The van der Waals surface area contributed by atoms with E-state index in [0.717, 1.165) is 17.9 Å². The molecule has 2 aliphatic rings. The Hall–Kier alpha value is -1.85. The van der Waals surface area contributed by atoms with E-state index in [9.17, 15) is 4.79 Å². The smallest absolute Gasteiger partial charge is 0.257 e. The topological polar surface area (TPSA) is 23.6 Å². The molecule has 128 valence electrons. The number of thioether (sulfide) groups is 1. The lowest BCUT2D eigenvalue weighted by atomic mass is 10.1. The van der Waals surface area contributed by atoms with Crippen LogP contribution in [0, 0.1) is 6.92 Å². The number of amides is 1. The molecular formula is C20H20N2OS2. The van der Waals surface area contributed by atoms with E-state index in [2.05, 4.69) is 55.1 Å². The number of carbonyl (C=O) groups is 1. The predicted octanol–water partition coefficient (Wildman–Crippen LogP) is 4.31. The highest BCUT2D eigenvalue weighted by atomic mass is 32.2. The van der Waals surface area contributed by atoms with Crippen molar-refractivity contribution in [2.24, 2.45) is 0 Å². The minimum atomic E-state index is -0.158. The van der Waals surface area contributed by atoms with Crippen LogP contribution in [-0.4, -0.2) is 27.7 Å². The Morgan fingerprint density at radius 1 is 1.12 bits per heavy atom. The van der Waals surface area contributed by atoms with E-state index in [1.165, 1.54) is 16.7 Å². The number of hydrogen-bond donors (Lipinski definition) is 0. The molecule has 5 heteroatoms. The second kappa shape index (κ2) is 6.46. The molecule has 0 spiro atoms. The molecule has 2 heterocycles. The third-order valence-electron chi connectivity index (χ3n) is 4.88. The minimum Gasteiger partial charge on any atom is -0.319 e. The molecule has 3 nitrogen and oxygen atoms in total. The van der Waals surface area contributed by atoms with E-state index >= 15 is 0 Å². The van der Waals surface area contributed by atoms with Gasteiger partial charge in [0.05, 0.1) is 5.69 Å². The molecule has 4 rings (SSSR count). The zero-order chi connectivity index (χ0) is 17.6. The fourth-order valence-corrected chi connectivity index (χ4v) is 5.31. The van der Waals surface area contributed by atoms with Gasteiger partial charge >= 0.3 is 0 Å². The van der Waals surface area contributed by atoms with Gasteiger partial charge in [-0.1, -0.05) is 48.9 Å². The van der Waals surface area contributed by atoms with E-state index in [4.69, 9.17) is 12.2 Å². The summed E-state index contributed by atoms with van der Waals surface area (Å²) in [6, 6.07) is 16.5. The Morgan fingerprint density at radius 2 is 1.80 bits per heavy atom. The van der Waals surface area contributed by atoms with Crippen molar-refractivity contribution in [1.29, 1.82) is 0 Å². The maximum absolute atomic E-state index is 13.0. The van der Waals surface area contributed by atoms with Crippen LogP contribution in [0.2, 0.25) is 0 Å². The number of aryl methyl sites for hydroxylation is 2. The zero-order valence-electron chi connectivity index (χ0n) is 14.3. The van der Waals surface area contributed by atoms with E-state index in [-0.39, 0.29) is 17.3 Å². The molecule has 2 aromatic carbocycles. The number of hydrogen-bond acceptors (Lipinski definition) is 3. The third kappa shape index (κ3) is 2.75. The molecule has 0 bridgehead atoms. The molecule has 2 aromatic rings. The number of benzene rings is 2. The lowest BCUT2D eigenvalue weighted by Crippen LogP contribution is -2.33. The molecule has 2 fully saturated rings. The van der Waals surface area contributed by atoms with Crippen molar-refractivity contribution in [3.63, 3.8) is 0 Å². The van der Waals surface area contributed by atoms with Crippen molar-refractivity contribution in [2.75, 3.05) is 10.7 Å². The lowest BCUT2D eigenvalue weighted by molar-refractivity contribution is -0.119. The highest BCUT2D eigenvalue weighted by Gasteiger charge is 2.50. The van der Waals surface area contributed by atoms with Gasteiger partial charge < -0.3 is 4.90 Å². The van der Waals surface area contributed by atoms with Gasteiger partial charge in [-0.2, -0.15) is 0 Å². The summed E-state index contributed by atoms with van der Waals surface area (Å²) in [5.74, 6) is 0.873. The average molecular weight is 369 g/mol. The Morgan fingerprint density at radius 3 is 2.44 bits per heavy atom. The maximum atomic E-state index is 13.0. The molecule has 0 aromatic heterocycles. The first-order valence-electron chi connectivity index (χ1n) is 8.53. The minimum absolute atomic E-state index is 0.0939. The first kappa shape index (κ1) is 16.6. The summed E-state index contributed by atoms with van der Waals surface area (Å²) in [6.45, 7) is 4.21. The molecule has 0 saturated carbocycles. The van der Waals surface area contributed by atoms with Crippen molar-refractivity contribution >= 4 is 40.7 Å². The summed E-state index contributed by atoms with van der Waals surface area (Å²) in [5, 5.41) is 0.733. The molecule has 2 saturated heterocycles. The Balaban J connectivity index is 1.65. The number of carbonyl (C=O) groups excluding carboxylic acids is 1. The average Bonchev–Trinajstić information content (AvgIpc) is 3.17. The second-order valence-electron chi connectivity index (χ2n) is 6.50. The third-order valence-corrected chi connectivity index (χ3v) is 6.60. The van der Waals surface area contributed by atoms with Gasteiger partial charge in [0.25, 0.3) is 5.91 Å². The van der Waals surface area contributed by atoms with Gasteiger partial charge in [0.2, 0.25) is 0 Å². The van der Waals surface area contributed by atoms with Gasteiger partial charge in [-0.15, -0.1) is 11.8 Å². The Kier molecular flexibility index (Phi) is 4.29. The van der Waals surface area contributed by atoms with Gasteiger partial charge in [0.1, 0.15) is 11.4 Å². The number of nitrogens with zero attached hydrogens (tertiary/aromatic N) is 2. The maximum Gasteiger partial charge on any atom is 0.257 e. The van der Waals surface area contributed by atoms with Crippen LogP contribution in [-0.2, 0) is 11.2 Å². The Labute approximate surface area is 158 Å². The van der Waals surface area contributed by atoms with Crippen LogP contribution in [0.4, 0.5) is 5.69 Å². The molecule has 0 N–H and O–H groups in total. The molecule has 0 radical (unpaired) electrons. The van der Waals surface area contributed by atoms with Gasteiger partial charge in [-0.3, -0.25) is 9.69 Å². The fourth-order valence-electron chi connectivity index (χ4n) is 3.40. The normalized spacial score (nSPS) is 22.6. The highest BCUT2D eigenvalue weighted by molar-refractivity contribution is 7.99. The molecular weight excluding hydrogens is 348 g/mol. The SMILES string of the molecule is CCc1ccc(N2C(=O)[C@H]3CS[C@@H](c4ccc(C)cc4)N3C2=S)cc1. The van der Waals surface area contributed by atoms with Crippen LogP contribution in [0.5, 0.6) is 0 Å². The zero-order valence-corrected chi connectivity index (χ0v) is 15.9. The van der Waals surface area contributed by atoms with Crippen LogP contribution in [0.1, 0.15) is 29.0 Å². The molecule has 0 unspecified atom stereocenters. The number of rotatable bonds is 3. The Bertz CT molecular complexity index is 817. The molecule has 25 heavy (non-hydrogen) atoms. The fraction of sp³-hybridized carbons (Fsp3) is 0.300. The van der Waals surface area contributed by atoms with E-state index in [1.54, 1.807) is 16.7 Å². The largest absolute Gasteiger partial charge is 0.319 e. The van der Waals surface area contributed by atoms with Crippen LogP contribution in [0.15, 0.2) is 48.5 Å². The summed E-state index contributed by atoms with van der Waals surface area (Å²) in [7, 11) is 0. The van der Waals surface area contributed by atoms with Gasteiger partial charge in [0, 0.05) is 5.75 Å². The van der Waals surface area contributed by atoms with Crippen LogP contribution < -0.4 is 4.90 Å². The quantitative estimate of drug-likeness (QED) is 0.754. The van der Waals surface area contributed by atoms with Crippen molar-refractivity contribution in [3.05, 3.63) is 65.2 Å². The van der Waals surface area contributed by atoms with Crippen LogP contribution in [0.25, 0.3) is 0 Å². The van der Waals surface area contributed by atoms with Gasteiger partial charge in [0.15, 0.2) is 5.11 Å². The molecule has 0 aliphatic carbocycles. The number of anilines is 1. The highest BCUT2D eigenvalue weighted by Crippen LogP contribution is 2.46. The van der Waals surface area contributed by atoms with E-state index < -0.39 is 0 Å². The summed E-state index contributed by atoms with van der Waals surface area (Å²) in [6.07, 6.45) is 0.986. The van der Waals surface area contributed by atoms with Gasteiger partial charge in [-0.25, -0.2) is 0 Å². The monoisotopic (exact) mass is 368 g/mol. The first-order valence-corrected chi connectivity index (χ1v) is 9.99. The molecule has 2 aliphatic heterocycles. The van der Waals surface area contributed by atoms with Crippen LogP contribution >= 0.6 is 24.0 Å². The van der Waals surface area contributed by atoms with Crippen molar-refractivity contribution < 1.29 is 4.79 Å². The first-order chi connectivity index (χ1) is 12.1. The summed E-state index contributed by atoms with van der Waals surface area (Å²) >= 11 is 7.51. The number of fused-ring (bicyclic) bond motifs is 1. The standard InChI is InChI=1S/C20H20N2OS2/c1-3-14-6-10-16(11-7-14)21-18(23)17-12-25-19(22(17)20(21)24)15-8-4-13(2)5-9-15/h4-11,17,19H,3,12H2,1-2H3/t17-,19+/m1/s1. The van der Waals surface area contributed by atoms with E-state index in [1.807, 2.05) is 12.1 Å². The molecule has 1 amide bonds. The van der Waals surface area contributed by atoms with E-state index in [0.29, 0.717) is 5.11 Å². The second-order valence-corrected chi connectivity index (χ2v) is 7.97. The summed E-state index contributed by atoms with van der Waals surface area (Å²) in [4.78, 5) is 16.8. The van der Waals surface area contributed by atoms with Gasteiger partial charge in [-0.05, 0) is 48.8 Å². The summed E-state index contributed by atoms with van der Waals surface area (Å²) in [5.41, 5.74) is 4.57. The van der Waals surface area contributed by atoms with Crippen LogP contribution in [0.3, 0.4) is 0 Å². The van der Waals surface area contributed by atoms with Crippen molar-refractivity contribution in [2.45, 2.75) is 31.7 Å². The summed E-state index contributed by atoms with van der Waals surface area (Å²) < 4.78 is 0. The lowest BCUT2D eigenvalue weighted by Gasteiger charge is -2.25. The predicted molar refractivity (Wildman–Crippen MR) is 108 cm³/mol. The van der Waals surface area contributed by atoms with Crippen molar-refractivity contribution in [3.8, 4) is 0 Å². The molecule has 2 atom stereocenters. The van der Waals surface area contributed by atoms with Crippen molar-refractivity contribution in [1.82, 2.24) is 4.90 Å².